The van der Waals surface area contributed by atoms with Crippen molar-refractivity contribution >= 4 is 5.78 Å². The van der Waals surface area contributed by atoms with Crippen molar-refractivity contribution in [2.24, 2.45) is 17.8 Å². The Labute approximate surface area is 86.5 Å². The zero-order valence-corrected chi connectivity index (χ0v) is 9.09. The molecule has 2 fully saturated rings. The number of hydrogen-bond acceptors (Lipinski definition) is 2. The van der Waals surface area contributed by atoms with Crippen molar-refractivity contribution in [1.82, 2.24) is 5.32 Å². The van der Waals surface area contributed by atoms with Gasteiger partial charge in [-0.25, -0.2) is 0 Å². The molecule has 2 rings (SSSR count). The van der Waals surface area contributed by atoms with Crippen molar-refractivity contribution in [3.8, 4) is 0 Å². The van der Waals surface area contributed by atoms with Gasteiger partial charge in [-0.05, 0) is 24.8 Å². The summed E-state index contributed by atoms with van der Waals surface area (Å²) in [6, 6.07) is 0. The van der Waals surface area contributed by atoms with Crippen LogP contribution in [0.15, 0.2) is 0 Å². The maximum Gasteiger partial charge on any atom is 0.137 e. The minimum Gasteiger partial charge on any atom is -0.316 e. The number of piperidine rings is 1. The Bertz CT molecular complexity index is 210. The molecular weight excluding hydrogens is 174 g/mol. The summed E-state index contributed by atoms with van der Waals surface area (Å²) >= 11 is 0. The first-order valence-corrected chi connectivity index (χ1v) is 5.99. The predicted octanol–water partition coefficient (Wildman–Crippen LogP) is 1.99. The summed E-state index contributed by atoms with van der Waals surface area (Å²) in [5.74, 6) is 2.26. The third-order valence-electron chi connectivity index (χ3n) is 3.74. The first kappa shape index (κ1) is 10.2. The molecule has 1 aliphatic heterocycles. The molecule has 0 aromatic carbocycles. The number of carbonyl (C=O) groups excluding carboxylic acids is 1. The molecule has 0 aromatic heterocycles. The topological polar surface area (TPSA) is 29.1 Å². The van der Waals surface area contributed by atoms with Gasteiger partial charge in [-0.2, -0.15) is 0 Å². The van der Waals surface area contributed by atoms with Crippen molar-refractivity contribution < 1.29 is 4.79 Å². The van der Waals surface area contributed by atoms with E-state index in [1.165, 1.54) is 19.3 Å². The lowest BCUT2D eigenvalue weighted by Gasteiger charge is -2.30. The Kier molecular flexibility index (Phi) is 3.22. The molecule has 1 N–H and O–H groups in total. The predicted molar refractivity (Wildman–Crippen MR) is 57.1 cm³/mol. The highest BCUT2D eigenvalue weighted by molar-refractivity contribution is 5.81. The van der Waals surface area contributed by atoms with Gasteiger partial charge in [-0.1, -0.05) is 26.2 Å². The van der Waals surface area contributed by atoms with Gasteiger partial charge < -0.3 is 5.32 Å². The van der Waals surface area contributed by atoms with Crippen LogP contribution >= 0.6 is 0 Å². The van der Waals surface area contributed by atoms with E-state index in [9.17, 15) is 4.79 Å². The van der Waals surface area contributed by atoms with E-state index in [0.29, 0.717) is 17.6 Å². The first-order valence-electron chi connectivity index (χ1n) is 5.99. The van der Waals surface area contributed by atoms with Crippen LogP contribution in [-0.2, 0) is 4.79 Å². The van der Waals surface area contributed by atoms with Crippen LogP contribution in [0, 0.1) is 17.8 Å². The number of nitrogens with one attached hydrogen (secondary N) is 1. The Morgan fingerprint density at radius 2 is 2.14 bits per heavy atom. The number of carbonyl (C=O) groups is 1. The van der Waals surface area contributed by atoms with Crippen LogP contribution in [0.1, 0.15) is 39.0 Å². The fourth-order valence-corrected chi connectivity index (χ4v) is 2.55. The highest BCUT2D eigenvalue weighted by atomic mass is 16.1. The number of Topliss-reactive ketones (excluding diaryl/α,β-unsaturated/α-hetero) is 1. The second-order valence-corrected chi connectivity index (χ2v) is 5.16. The van der Waals surface area contributed by atoms with Gasteiger partial charge in [0, 0.05) is 18.9 Å². The van der Waals surface area contributed by atoms with Crippen molar-refractivity contribution in [3.05, 3.63) is 0 Å². The lowest BCUT2D eigenvalue weighted by Crippen LogP contribution is -2.39. The molecule has 2 atom stereocenters. The Balaban J connectivity index is 1.77. The summed E-state index contributed by atoms with van der Waals surface area (Å²) in [4.78, 5) is 11.9. The van der Waals surface area contributed by atoms with E-state index in [1.807, 2.05) is 0 Å². The maximum atomic E-state index is 11.9. The summed E-state index contributed by atoms with van der Waals surface area (Å²) in [6.45, 7) is 4.25. The average molecular weight is 195 g/mol. The SMILES string of the molecule is CC1CNCC(C(=O)CC2CCC2)C1. The molecule has 2 unspecified atom stereocenters. The third-order valence-corrected chi connectivity index (χ3v) is 3.74. The van der Waals surface area contributed by atoms with E-state index in [-0.39, 0.29) is 0 Å². The summed E-state index contributed by atoms with van der Waals surface area (Å²) < 4.78 is 0. The van der Waals surface area contributed by atoms with Crippen LogP contribution in [-0.4, -0.2) is 18.9 Å². The van der Waals surface area contributed by atoms with Gasteiger partial charge >= 0.3 is 0 Å². The second-order valence-electron chi connectivity index (χ2n) is 5.16. The van der Waals surface area contributed by atoms with Crippen LogP contribution in [0.5, 0.6) is 0 Å². The highest BCUT2D eigenvalue weighted by Gasteiger charge is 2.28. The van der Waals surface area contributed by atoms with Crippen LogP contribution in [0.4, 0.5) is 0 Å². The van der Waals surface area contributed by atoms with Crippen LogP contribution in [0.25, 0.3) is 0 Å². The summed E-state index contributed by atoms with van der Waals surface area (Å²) in [5, 5.41) is 3.35. The number of ketones is 1. The van der Waals surface area contributed by atoms with E-state index in [4.69, 9.17) is 0 Å². The van der Waals surface area contributed by atoms with Gasteiger partial charge in [0.15, 0.2) is 0 Å². The normalized spacial score (nSPS) is 33.8. The molecular formula is C12H21NO. The molecule has 2 nitrogen and oxygen atoms in total. The fourth-order valence-electron chi connectivity index (χ4n) is 2.55. The average Bonchev–Trinajstić information content (AvgIpc) is 2.11. The minimum atomic E-state index is 0.319. The molecule has 0 bridgehead atoms. The molecule has 2 heteroatoms. The van der Waals surface area contributed by atoms with Crippen LogP contribution < -0.4 is 5.32 Å². The van der Waals surface area contributed by atoms with Crippen molar-refractivity contribution in [2.45, 2.75) is 39.0 Å². The van der Waals surface area contributed by atoms with Crippen LogP contribution in [0.3, 0.4) is 0 Å². The van der Waals surface area contributed by atoms with E-state index in [2.05, 4.69) is 12.2 Å². The molecule has 1 saturated heterocycles. The van der Waals surface area contributed by atoms with Crippen molar-refractivity contribution in [2.75, 3.05) is 13.1 Å². The zero-order chi connectivity index (χ0) is 9.97. The molecule has 0 amide bonds. The summed E-state index contributed by atoms with van der Waals surface area (Å²) in [6.07, 6.45) is 5.90. The molecule has 0 radical (unpaired) electrons. The number of hydrogen-bond donors (Lipinski definition) is 1. The minimum absolute atomic E-state index is 0.319. The Hall–Kier alpha value is -0.370. The summed E-state index contributed by atoms with van der Waals surface area (Å²) in [7, 11) is 0. The Morgan fingerprint density at radius 3 is 2.71 bits per heavy atom. The third kappa shape index (κ3) is 2.35. The van der Waals surface area contributed by atoms with Gasteiger partial charge in [0.1, 0.15) is 5.78 Å². The molecule has 0 spiro atoms. The standard InChI is InChI=1S/C12H21NO/c1-9-5-11(8-13-7-9)12(14)6-10-3-2-4-10/h9-11,13H,2-8H2,1H3. The van der Waals surface area contributed by atoms with Gasteiger partial charge in [0.05, 0.1) is 0 Å². The van der Waals surface area contributed by atoms with Crippen molar-refractivity contribution in [1.29, 1.82) is 0 Å². The van der Waals surface area contributed by atoms with E-state index in [1.54, 1.807) is 0 Å². The molecule has 1 aliphatic carbocycles. The summed E-state index contributed by atoms with van der Waals surface area (Å²) in [5.41, 5.74) is 0. The molecule has 2 aliphatic rings. The van der Waals surface area contributed by atoms with Gasteiger partial charge in [-0.15, -0.1) is 0 Å². The largest absolute Gasteiger partial charge is 0.316 e. The molecule has 0 aromatic rings. The first-order chi connectivity index (χ1) is 6.75. The molecule has 14 heavy (non-hydrogen) atoms. The van der Waals surface area contributed by atoms with Crippen molar-refractivity contribution in [3.63, 3.8) is 0 Å². The monoisotopic (exact) mass is 195 g/mol. The Morgan fingerprint density at radius 1 is 1.36 bits per heavy atom. The quantitative estimate of drug-likeness (QED) is 0.746. The smallest absolute Gasteiger partial charge is 0.137 e. The van der Waals surface area contributed by atoms with E-state index in [0.717, 1.165) is 31.8 Å². The molecule has 1 saturated carbocycles. The zero-order valence-electron chi connectivity index (χ0n) is 9.09. The van der Waals surface area contributed by atoms with E-state index >= 15 is 0 Å². The fraction of sp³-hybridized carbons (Fsp3) is 0.917. The van der Waals surface area contributed by atoms with Crippen LogP contribution in [0.2, 0.25) is 0 Å². The highest BCUT2D eigenvalue weighted by Crippen LogP contribution is 2.31. The maximum absolute atomic E-state index is 11.9. The lowest BCUT2D eigenvalue weighted by atomic mass is 9.78. The van der Waals surface area contributed by atoms with Gasteiger partial charge in [-0.3, -0.25) is 4.79 Å². The van der Waals surface area contributed by atoms with Gasteiger partial charge in [0.2, 0.25) is 0 Å². The molecule has 80 valence electrons. The second kappa shape index (κ2) is 4.43. The van der Waals surface area contributed by atoms with E-state index < -0.39 is 0 Å². The number of rotatable bonds is 3. The lowest BCUT2D eigenvalue weighted by molar-refractivity contribution is -0.125. The molecule has 1 heterocycles. The van der Waals surface area contributed by atoms with Gasteiger partial charge in [0.25, 0.3) is 0 Å².